The Labute approximate surface area is 199 Å². The molecule has 2 aliphatic heterocycles. The van der Waals surface area contributed by atoms with Crippen LogP contribution in [0.3, 0.4) is 0 Å². The van der Waals surface area contributed by atoms with Gasteiger partial charge in [0, 0.05) is 25.6 Å². The minimum Gasteiger partial charge on any atom is -0.460 e. The fraction of sp³-hybridized carbons (Fsp3) is 0.591. The number of rotatable bonds is 3. The smallest absolute Gasteiger partial charge is 0.330 e. The molecule has 4 rings (SSSR count). The van der Waals surface area contributed by atoms with E-state index in [0.717, 1.165) is 23.6 Å². The van der Waals surface area contributed by atoms with Crippen LogP contribution in [0.25, 0.3) is 0 Å². The van der Waals surface area contributed by atoms with E-state index < -0.39 is 47.2 Å². The van der Waals surface area contributed by atoms with Gasteiger partial charge in [-0.2, -0.15) is 4.39 Å². The summed E-state index contributed by atoms with van der Waals surface area (Å²) < 4.78 is 31.5. The van der Waals surface area contributed by atoms with Crippen molar-refractivity contribution < 1.29 is 23.4 Å². The zero-order chi connectivity index (χ0) is 26.3. The van der Waals surface area contributed by atoms with Gasteiger partial charge in [0.1, 0.15) is 18.6 Å². The Bertz CT molecular complexity index is 1230. The van der Waals surface area contributed by atoms with Crippen LogP contribution in [0.15, 0.2) is 37.6 Å². The molecule has 2 aromatic rings. The predicted molar refractivity (Wildman–Crippen MR) is 123 cm³/mol. The number of aromatic amines is 2. The number of ether oxygens (including phenoxy) is 3. The van der Waals surface area contributed by atoms with E-state index >= 15 is 0 Å². The molecule has 12 nitrogen and oxygen atoms in total. The van der Waals surface area contributed by atoms with Gasteiger partial charge in [0.15, 0.2) is 0 Å². The fourth-order valence-corrected chi connectivity index (χ4v) is 3.63. The number of hydrogen-bond donors (Lipinski definition) is 2. The highest BCUT2D eigenvalue weighted by atomic mass is 19.1. The SMILES string of the molecule is CC.CC(=O)OC1CC(n2cc(F)c(=O)[nH]c2=O)OC1C.CC1CCC(n2ccc(=O)[nH]c2=O)O1. The summed E-state index contributed by atoms with van der Waals surface area (Å²) in [5.74, 6) is -1.53. The highest BCUT2D eigenvalue weighted by Crippen LogP contribution is 2.29. The molecule has 4 heterocycles. The lowest BCUT2D eigenvalue weighted by Crippen LogP contribution is -2.33. The van der Waals surface area contributed by atoms with Crippen molar-refractivity contribution in [2.75, 3.05) is 0 Å². The number of aromatic nitrogens is 4. The van der Waals surface area contributed by atoms with E-state index in [2.05, 4.69) is 4.98 Å². The first-order valence-electron chi connectivity index (χ1n) is 11.4. The average molecular weight is 499 g/mol. The molecule has 0 radical (unpaired) electrons. The molecule has 5 atom stereocenters. The molecule has 2 aliphatic rings. The van der Waals surface area contributed by atoms with Gasteiger partial charge < -0.3 is 14.2 Å². The second kappa shape index (κ2) is 12.4. The quantitative estimate of drug-likeness (QED) is 0.598. The number of H-pyrrole nitrogens is 2. The Morgan fingerprint density at radius 2 is 1.69 bits per heavy atom. The molecular weight excluding hydrogens is 467 g/mol. The molecule has 2 aromatic heterocycles. The molecule has 2 N–H and O–H groups in total. The molecule has 13 heteroatoms. The molecule has 0 amide bonds. The zero-order valence-corrected chi connectivity index (χ0v) is 20.3. The van der Waals surface area contributed by atoms with E-state index in [1.165, 1.54) is 23.8 Å². The summed E-state index contributed by atoms with van der Waals surface area (Å²) in [6, 6.07) is 1.33. The highest BCUT2D eigenvalue weighted by molar-refractivity contribution is 5.66. The molecule has 0 aliphatic carbocycles. The van der Waals surface area contributed by atoms with Crippen molar-refractivity contribution in [3.63, 3.8) is 0 Å². The van der Waals surface area contributed by atoms with Crippen molar-refractivity contribution in [2.24, 2.45) is 0 Å². The van der Waals surface area contributed by atoms with Crippen LogP contribution in [-0.4, -0.2) is 43.4 Å². The Hall–Kier alpha value is -3.32. The maximum atomic E-state index is 13.2. The van der Waals surface area contributed by atoms with E-state index in [1.807, 2.05) is 25.8 Å². The van der Waals surface area contributed by atoms with E-state index in [0.29, 0.717) is 0 Å². The topological polar surface area (TPSA) is 154 Å². The summed E-state index contributed by atoms with van der Waals surface area (Å²) in [6.45, 7) is 8.92. The Balaban J connectivity index is 0.000000239. The number of hydrogen-bond acceptors (Lipinski definition) is 8. The largest absolute Gasteiger partial charge is 0.460 e. The van der Waals surface area contributed by atoms with Crippen molar-refractivity contribution in [3.05, 3.63) is 66.0 Å². The number of carbonyl (C=O) groups is 1. The Kier molecular flexibility index (Phi) is 9.89. The standard InChI is InChI=1S/C11H13FN2O5.C9H12N2O3.C2H6/c1-5-8(19-6(2)15)3-9(18-5)14-4-7(12)10(16)13-11(14)17;1-6-2-3-8(14-6)11-5-4-7(12)10-9(11)13;1-2/h4-5,8-9H,3H2,1-2H3,(H,13,16,17);4-6,8H,2-3H2,1H3,(H,10,12,13);1-2H3. The molecule has 2 saturated heterocycles. The predicted octanol–water partition coefficient (Wildman–Crippen LogP) is 1.18. The molecule has 0 aromatic carbocycles. The molecule has 0 spiro atoms. The lowest BCUT2D eigenvalue weighted by atomic mass is 10.2. The first-order valence-corrected chi connectivity index (χ1v) is 11.4. The van der Waals surface area contributed by atoms with Crippen LogP contribution in [0, 0.1) is 5.82 Å². The molecule has 35 heavy (non-hydrogen) atoms. The molecule has 194 valence electrons. The lowest BCUT2D eigenvalue weighted by Gasteiger charge is -2.13. The minimum atomic E-state index is -1.08. The number of nitrogens with one attached hydrogen (secondary N) is 2. The zero-order valence-electron chi connectivity index (χ0n) is 20.3. The van der Waals surface area contributed by atoms with Crippen LogP contribution in [0.5, 0.6) is 0 Å². The number of carbonyl (C=O) groups excluding carboxylic acids is 1. The van der Waals surface area contributed by atoms with Crippen molar-refractivity contribution in [1.82, 2.24) is 19.1 Å². The van der Waals surface area contributed by atoms with Gasteiger partial charge in [-0.05, 0) is 26.7 Å². The molecule has 0 saturated carbocycles. The second-order valence-electron chi connectivity index (χ2n) is 7.82. The van der Waals surface area contributed by atoms with Gasteiger partial charge in [0.25, 0.3) is 11.1 Å². The molecule has 0 bridgehead atoms. The van der Waals surface area contributed by atoms with Gasteiger partial charge in [0.05, 0.1) is 18.4 Å². The van der Waals surface area contributed by atoms with E-state index in [-0.39, 0.29) is 24.3 Å². The highest BCUT2D eigenvalue weighted by Gasteiger charge is 2.36. The summed E-state index contributed by atoms with van der Waals surface area (Å²) in [7, 11) is 0. The summed E-state index contributed by atoms with van der Waals surface area (Å²) in [5, 5.41) is 0. The minimum absolute atomic E-state index is 0.179. The van der Waals surface area contributed by atoms with Crippen LogP contribution in [0.2, 0.25) is 0 Å². The number of nitrogens with zero attached hydrogens (tertiary/aromatic N) is 2. The summed E-state index contributed by atoms with van der Waals surface area (Å²) >= 11 is 0. The maximum absolute atomic E-state index is 13.2. The van der Waals surface area contributed by atoms with Crippen molar-refractivity contribution in [1.29, 1.82) is 0 Å². The van der Waals surface area contributed by atoms with E-state index in [9.17, 15) is 28.4 Å². The average Bonchev–Trinajstić information content (AvgIpc) is 3.37. The third kappa shape index (κ3) is 7.33. The van der Waals surface area contributed by atoms with Crippen LogP contribution in [-0.2, 0) is 19.0 Å². The van der Waals surface area contributed by atoms with Gasteiger partial charge in [-0.1, -0.05) is 13.8 Å². The van der Waals surface area contributed by atoms with Crippen LogP contribution in [0.1, 0.15) is 66.3 Å². The van der Waals surface area contributed by atoms with Gasteiger partial charge >= 0.3 is 17.3 Å². The first kappa shape index (κ1) is 27.9. The number of halogens is 1. The third-order valence-corrected chi connectivity index (χ3v) is 5.25. The Morgan fingerprint density at radius 1 is 1.03 bits per heavy atom. The molecule has 2 fully saturated rings. The van der Waals surface area contributed by atoms with Gasteiger partial charge in [-0.25, -0.2) is 9.59 Å². The van der Waals surface area contributed by atoms with Gasteiger partial charge in [-0.15, -0.1) is 0 Å². The van der Waals surface area contributed by atoms with Crippen LogP contribution in [0.4, 0.5) is 4.39 Å². The normalized spacial score (nSPS) is 25.1. The second-order valence-corrected chi connectivity index (χ2v) is 7.82. The van der Waals surface area contributed by atoms with Gasteiger partial charge in [-0.3, -0.25) is 33.5 Å². The summed E-state index contributed by atoms with van der Waals surface area (Å²) in [5.41, 5.74) is -2.63. The van der Waals surface area contributed by atoms with Gasteiger partial charge in [0.2, 0.25) is 5.82 Å². The maximum Gasteiger partial charge on any atom is 0.330 e. The van der Waals surface area contributed by atoms with E-state index in [1.54, 1.807) is 6.92 Å². The lowest BCUT2D eigenvalue weighted by molar-refractivity contribution is -0.148. The first-order chi connectivity index (χ1) is 16.5. The van der Waals surface area contributed by atoms with Crippen molar-refractivity contribution in [3.8, 4) is 0 Å². The molecule has 5 unspecified atom stereocenters. The van der Waals surface area contributed by atoms with Crippen LogP contribution < -0.4 is 22.5 Å². The molecular formula is C22H31FN4O8. The Morgan fingerprint density at radius 3 is 2.26 bits per heavy atom. The van der Waals surface area contributed by atoms with Crippen molar-refractivity contribution >= 4 is 5.97 Å². The van der Waals surface area contributed by atoms with E-state index in [4.69, 9.17) is 14.2 Å². The summed E-state index contributed by atoms with van der Waals surface area (Å²) in [4.78, 5) is 59.6. The van der Waals surface area contributed by atoms with Crippen LogP contribution >= 0.6 is 0 Å². The van der Waals surface area contributed by atoms with Crippen molar-refractivity contribution in [2.45, 2.75) is 84.6 Å². The fourth-order valence-electron chi connectivity index (χ4n) is 3.63. The monoisotopic (exact) mass is 498 g/mol. The number of esters is 1. The summed E-state index contributed by atoms with van der Waals surface area (Å²) in [6.07, 6.45) is 2.47. The third-order valence-electron chi connectivity index (χ3n) is 5.25.